The predicted octanol–water partition coefficient (Wildman–Crippen LogP) is 4.43. The van der Waals surface area contributed by atoms with E-state index >= 15 is 0 Å². The van der Waals surface area contributed by atoms with E-state index in [0.29, 0.717) is 11.3 Å². The van der Waals surface area contributed by atoms with Crippen LogP contribution in [0.4, 0.5) is 18.9 Å². The molecule has 0 heterocycles. The number of aliphatic carboxylic acids is 1. The zero-order chi connectivity index (χ0) is 27.4. The highest BCUT2D eigenvalue weighted by Gasteiger charge is 2.34. The molecule has 0 atom stereocenters. The molecule has 0 aliphatic heterocycles. The average Bonchev–Trinajstić information content (AvgIpc) is 2.83. The van der Waals surface area contributed by atoms with Gasteiger partial charge in [0.2, 0.25) is 0 Å². The third kappa shape index (κ3) is 6.67. The monoisotopic (exact) mass is 534 g/mol. The molecule has 12 heteroatoms. The van der Waals surface area contributed by atoms with Crippen molar-refractivity contribution in [2.75, 3.05) is 12.4 Å². The summed E-state index contributed by atoms with van der Waals surface area (Å²) in [4.78, 5) is 23.4. The molecule has 0 unspecified atom stereocenters. The Bertz CT molecular complexity index is 1470. The van der Waals surface area contributed by atoms with Gasteiger partial charge in [0.05, 0.1) is 23.1 Å². The maximum absolute atomic E-state index is 13.3. The number of benzene rings is 3. The van der Waals surface area contributed by atoms with Gasteiger partial charge in [0.1, 0.15) is 11.4 Å². The van der Waals surface area contributed by atoms with E-state index in [0.717, 1.165) is 12.1 Å². The van der Waals surface area contributed by atoms with Gasteiger partial charge in [-0.2, -0.15) is 13.2 Å². The van der Waals surface area contributed by atoms with Crippen molar-refractivity contribution >= 4 is 27.6 Å². The number of carbonyl (C=O) groups is 2. The molecule has 3 rings (SSSR count). The second-order valence-electron chi connectivity index (χ2n) is 7.74. The highest BCUT2D eigenvalue weighted by atomic mass is 32.2. The van der Waals surface area contributed by atoms with Gasteiger partial charge in [-0.3, -0.25) is 9.52 Å². The molecule has 0 spiro atoms. The summed E-state index contributed by atoms with van der Waals surface area (Å²) < 4.78 is 72.6. The summed E-state index contributed by atoms with van der Waals surface area (Å²) in [7, 11) is -2.94. The number of hydrogen-bond acceptors (Lipinski definition) is 5. The molecule has 0 aliphatic rings. The minimum atomic E-state index is -4.72. The van der Waals surface area contributed by atoms with Gasteiger partial charge < -0.3 is 15.2 Å². The van der Waals surface area contributed by atoms with Crippen LogP contribution in [0.15, 0.2) is 83.9 Å². The Balaban J connectivity index is 1.92. The first kappa shape index (κ1) is 27.3. The van der Waals surface area contributed by atoms with Gasteiger partial charge in [-0.25, -0.2) is 13.2 Å². The summed E-state index contributed by atoms with van der Waals surface area (Å²) in [5, 5.41) is 11.4. The number of carboxylic acid groups (broad SMARTS) is 1. The van der Waals surface area contributed by atoms with E-state index < -0.39 is 44.9 Å². The van der Waals surface area contributed by atoms with Crippen LogP contribution in [0.3, 0.4) is 0 Å². The van der Waals surface area contributed by atoms with E-state index in [1.165, 1.54) is 49.6 Å². The fourth-order valence-corrected chi connectivity index (χ4v) is 4.69. The number of halogens is 3. The quantitative estimate of drug-likeness (QED) is 0.349. The van der Waals surface area contributed by atoms with Crippen LogP contribution in [0.2, 0.25) is 0 Å². The van der Waals surface area contributed by atoms with Gasteiger partial charge in [-0.05, 0) is 60.0 Å². The van der Waals surface area contributed by atoms with Crippen LogP contribution in [0, 0.1) is 0 Å². The minimum absolute atomic E-state index is 0.00413. The Morgan fingerprint density at radius 3 is 2.38 bits per heavy atom. The first-order valence-electron chi connectivity index (χ1n) is 10.5. The summed E-state index contributed by atoms with van der Waals surface area (Å²) in [6.07, 6.45) is -4.72. The lowest BCUT2D eigenvalue weighted by Gasteiger charge is -2.15. The molecule has 0 aliphatic carbocycles. The van der Waals surface area contributed by atoms with E-state index in [2.05, 4.69) is 11.9 Å². The fourth-order valence-electron chi connectivity index (χ4n) is 3.45. The predicted molar refractivity (Wildman–Crippen MR) is 129 cm³/mol. The minimum Gasteiger partial charge on any atom is -0.497 e. The summed E-state index contributed by atoms with van der Waals surface area (Å²) in [6, 6.07) is 14.6. The van der Waals surface area contributed by atoms with Crippen LogP contribution in [0.25, 0.3) is 0 Å². The van der Waals surface area contributed by atoms with Gasteiger partial charge >= 0.3 is 12.1 Å². The van der Waals surface area contributed by atoms with Crippen molar-refractivity contribution in [1.29, 1.82) is 0 Å². The van der Waals surface area contributed by atoms with Crippen LogP contribution < -0.4 is 14.8 Å². The fraction of sp³-hybridized carbons (Fsp3) is 0.120. The lowest BCUT2D eigenvalue weighted by atomic mass is 10.0. The average molecular weight is 535 g/mol. The number of carboxylic acids is 1. The van der Waals surface area contributed by atoms with Crippen molar-refractivity contribution in [3.8, 4) is 5.75 Å². The summed E-state index contributed by atoms with van der Waals surface area (Å²) in [5.74, 6) is -2.18. The molecule has 3 N–H and O–H groups in total. The molecule has 3 aromatic carbocycles. The Hall–Kier alpha value is -4.32. The zero-order valence-corrected chi connectivity index (χ0v) is 20.1. The van der Waals surface area contributed by atoms with Gasteiger partial charge in [0.25, 0.3) is 15.9 Å². The number of sulfonamides is 1. The van der Waals surface area contributed by atoms with Crippen LogP contribution in [-0.2, 0) is 27.4 Å². The number of carbonyl (C=O) groups excluding carboxylic acids is 1. The number of nitrogens with one attached hydrogen (secondary N) is 2. The van der Waals surface area contributed by atoms with Crippen molar-refractivity contribution in [3.05, 3.63) is 101 Å². The molecule has 3 aromatic rings. The highest BCUT2D eigenvalue weighted by Crippen LogP contribution is 2.32. The zero-order valence-electron chi connectivity index (χ0n) is 19.3. The Morgan fingerprint density at radius 2 is 1.73 bits per heavy atom. The smallest absolute Gasteiger partial charge is 0.417 e. The lowest BCUT2D eigenvalue weighted by molar-refractivity contribution is -0.138. The van der Waals surface area contributed by atoms with Crippen molar-refractivity contribution in [2.45, 2.75) is 17.5 Å². The molecule has 0 aromatic heterocycles. The highest BCUT2D eigenvalue weighted by molar-refractivity contribution is 7.89. The van der Waals surface area contributed by atoms with E-state index in [4.69, 9.17) is 9.84 Å². The lowest BCUT2D eigenvalue weighted by Crippen LogP contribution is -2.27. The third-order valence-electron chi connectivity index (χ3n) is 5.13. The molecule has 37 heavy (non-hydrogen) atoms. The van der Waals surface area contributed by atoms with Crippen molar-refractivity contribution in [2.24, 2.45) is 0 Å². The van der Waals surface area contributed by atoms with Gasteiger partial charge in [0, 0.05) is 5.69 Å². The molecule has 194 valence electrons. The van der Waals surface area contributed by atoms with Crippen molar-refractivity contribution in [1.82, 2.24) is 4.72 Å². The SMILES string of the molecule is C=C(NS(=O)(=O)c1ccc(OC)cc1Cc1cccc(NC(=O)c2ccccc2C(F)(F)F)c1)C(=O)O. The number of anilines is 1. The standard InChI is InChI=1S/C25H21F3N2O6S/c1-15(24(32)33)30-37(34,35)22-11-10-19(36-2)14-17(22)12-16-6-5-7-18(13-16)29-23(31)20-8-3-4-9-21(20)25(26,27)28/h3-11,13-14,30H,1,12H2,2H3,(H,29,31)(H,32,33). The second kappa shape index (κ2) is 10.7. The van der Waals surface area contributed by atoms with Gasteiger partial charge in [-0.1, -0.05) is 30.8 Å². The number of ether oxygens (including phenoxy) is 1. The normalized spacial score (nSPS) is 11.5. The first-order valence-corrected chi connectivity index (χ1v) is 12.0. The molecule has 1 amide bonds. The summed E-state index contributed by atoms with van der Waals surface area (Å²) >= 11 is 0. The molecule has 0 bridgehead atoms. The van der Waals surface area contributed by atoms with E-state index in [-0.39, 0.29) is 22.6 Å². The van der Waals surface area contributed by atoms with Crippen LogP contribution in [0.5, 0.6) is 5.75 Å². The van der Waals surface area contributed by atoms with Gasteiger partial charge in [0.15, 0.2) is 0 Å². The molecule has 8 nitrogen and oxygen atoms in total. The summed E-state index contributed by atoms with van der Waals surface area (Å²) in [6.45, 7) is 3.17. The van der Waals surface area contributed by atoms with Crippen molar-refractivity contribution < 1.29 is 41.0 Å². The molecular weight excluding hydrogens is 513 g/mol. The number of methoxy groups -OCH3 is 1. The van der Waals surface area contributed by atoms with E-state index in [1.54, 1.807) is 12.1 Å². The first-order chi connectivity index (χ1) is 17.3. The molecular formula is C25H21F3N2O6S. The van der Waals surface area contributed by atoms with Crippen LogP contribution in [-0.4, -0.2) is 32.5 Å². The Labute approximate surface area is 210 Å². The third-order valence-corrected chi connectivity index (χ3v) is 6.62. The van der Waals surface area contributed by atoms with Gasteiger partial charge in [-0.15, -0.1) is 0 Å². The number of amides is 1. The topological polar surface area (TPSA) is 122 Å². The number of alkyl halides is 3. The number of rotatable bonds is 9. The Kier molecular flexibility index (Phi) is 7.92. The largest absolute Gasteiger partial charge is 0.497 e. The molecule has 0 fully saturated rings. The van der Waals surface area contributed by atoms with Crippen LogP contribution >= 0.6 is 0 Å². The second-order valence-corrected chi connectivity index (χ2v) is 9.39. The molecule has 0 saturated heterocycles. The van der Waals surface area contributed by atoms with Crippen molar-refractivity contribution in [3.63, 3.8) is 0 Å². The number of hydrogen-bond donors (Lipinski definition) is 3. The molecule has 0 saturated carbocycles. The van der Waals surface area contributed by atoms with E-state index in [1.807, 2.05) is 4.72 Å². The summed E-state index contributed by atoms with van der Waals surface area (Å²) in [5.41, 5.74) is -1.45. The van der Waals surface area contributed by atoms with E-state index in [9.17, 15) is 31.2 Å². The van der Waals surface area contributed by atoms with Crippen LogP contribution in [0.1, 0.15) is 27.0 Å². The maximum Gasteiger partial charge on any atom is 0.417 e. The molecule has 0 radical (unpaired) electrons. The maximum atomic E-state index is 13.3. The Morgan fingerprint density at radius 1 is 1.03 bits per heavy atom.